The first-order chi connectivity index (χ1) is 7.50. The van der Waals surface area contributed by atoms with Gasteiger partial charge in [-0.05, 0) is 25.7 Å². The fourth-order valence-corrected chi connectivity index (χ4v) is 2.56. The van der Waals surface area contributed by atoms with Gasteiger partial charge in [-0.3, -0.25) is 4.90 Å². The van der Waals surface area contributed by atoms with Crippen molar-refractivity contribution in [1.82, 2.24) is 4.90 Å². The monoisotopic (exact) mass is 228 g/mol. The van der Waals surface area contributed by atoms with E-state index in [1.807, 2.05) is 0 Å². The maximum Gasteiger partial charge on any atom is 0.0594 e. The Hall–Kier alpha value is -0.120. The van der Waals surface area contributed by atoms with Gasteiger partial charge in [-0.2, -0.15) is 0 Å². The van der Waals surface area contributed by atoms with Gasteiger partial charge in [0.15, 0.2) is 0 Å². The summed E-state index contributed by atoms with van der Waals surface area (Å²) in [4.78, 5) is 2.52. The highest BCUT2D eigenvalue weighted by Crippen LogP contribution is 2.27. The van der Waals surface area contributed by atoms with E-state index in [0.29, 0.717) is 5.92 Å². The van der Waals surface area contributed by atoms with Gasteiger partial charge in [0.25, 0.3) is 0 Å². The van der Waals surface area contributed by atoms with Crippen molar-refractivity contribution in [3.63, 3.8) is 0 Å². The molecule has 0 radical (unpaired) electrons. The van der Waals surface area contributed by atoms with Crippen LogP contribution in [0.2, 0.25) is 0 Å². The van der Waals surface area contributed by atoms with E-state index < -0.39 is 0 Å². The van der Waals surface area contributed by atoms with Crippen LogP contribution >= 0.6 is 0 Å². The van der Waals surface area contributed by atoms with Gasteiger partial charge in [-0.1, -0.05) is 20.8 Å². The van der Waals surface area contributed by atoms with Gasteiger partial charge < -0.3 is 10.5 Å². The van der Waals surface area contributed by atoms with Crippen LogP contribution in [0.1, 0.15) is 40.5 Å². The molecule has 1 rings (SSSR count). The second-order valence-electron chi connectivity index (χ2n) is 5.55. The summed E-state index contributed by atoms with van der Waals surface area (Å²) in [5, 5.41) is 0. The van der Waals surface area contributed by atoms with Crippen LogP contribution in [-0.4, -0.2) is 42.8 Å². The smallest absolute Gasteiger partial charge is 0.0594 e. The van der Waals surface area contributed by atoms with E-state index in [1.54, 1.807) is 0 Å². The molecule has 0 amide bonds. The first-order valence-electron chi connectivity index (χ1n) is 6.59. The fourth-order valence-electron chi connectivity index (χ4n) is 2.56. The number of nitrogens with two attached hydrogens (primary N) is 1. The Labute approximate surface area is 100 Å². The molecular formula is C13H28N2O. The lowest BCUT2D eigenvalue weighted by Crippen LogP contribution is -2.60. The third-order valence-electron chi connectivity index (χ3n) is 3.97. The van der Waals surface area contributed by atoms with Crippen LogP contribution in [0.4, 0.5) is 0 Å². The molecule has 0 aromatic heterocycles. The molecule has 1 fully saturated rings. The Balaban J connectivity index is 2.66. The molecule has 2 N–H and O–H groups in total. The van der Waals surface area contributed by atoms with Crippen molar-refractivity contribution in [3.8, 4) is 0 Å². The van der Waals surface area contributed by atoms with Crippen molar-refractivity contribution in [1.29, 1.82) is 0 Å². The first-order valence-corrected chi connectivity index (χ1v) is 6.59. The lowest BCUT2D eigenvalue weighted by atomic mass is 9.83. The number of rotatable bonds is 5. The van der Waals surface area contributed by atoms with E-state index in [2.05, 4.69) is 32.6 Å². The van der Waals surface area contributed by atoms with Gasteiger partial charge in [0.1, 0.15) is 0 Å². The second-order valence-corrected chi connectivity index (χ2v) is 5.55. The normalized spacial score (nSPS) is 24.4. The molecule has 0 aromatic carbocycles. The van der Waals surface area contributed by atoms with Crippen LogP contribution in [0.15, 0.2) is 0 Å². The Morgan fingerprint density at radius 1 is 1.31 bits per heavy atom. The molecule has 3 nitrogen and oxygen atoms in total. The third-order valence-corrected chi connectivity index (χ3v) is 3.97. The molecule has 1 heterocycles. The minimum Gasteiger partial charge on any atom is -0.379 e. The average molecular weight is 228 g/mol. The number of nitrogens with zero attached hydrogens (tertiary/aromatic N) is 1. The topological polar surface area (TPSA) is 38.5 Å². The maximum atomic E-state index is 6.41. The zero-order chi connectivity index (χ0) is 12.2. The van der Waals surface area contributed by atoms with Crippen LogP contribution in [-0.2, 0) is 4.74 Å². The molecule has 0 bridgehead atoms. The third kappa shape index (κ3) is 3.19. The number of hydrogen-bond acceptors (Lipinski definition) is 3. The molecule has 0 spiro atoms. The maximum absolute atomic E-state index is 6.41. The minimum absolute atomic E-state index is 0.133. The number of morpholine rings is 1. The van der Waals surface area contributed by atoms with Crippen LogP contribution < -0.4 is 5.73 Å². The van der Waals surface area contributed by atoms with Crippen molar-refractivity contribution in [2.24, 2.45) is 11.7 Å². The Morgan fingerprint density at radius 2 is 1.88 bits per heavy atom. The van der Waals surface area contributed by atoms with Crippen LogP contribution in [0, 0.1) is 5.92 Å². The predicted molar refractivity (Wildman–Crippen MR) is 68.5 cm³/mol. The van der Waals surface area contributed by atoms with E-state index in [9.17, 15) is 0 Å². The van der Waals surface area contributed by atoms with E-state index >= 15 is 0 Å². The zero-order valence-corrected chi connectivity index (χ0v) is 11.3. The van der Waals surface area contributed by atoms with Crippen LogP contribution in [0.5, 0.6) is 0 Å². The van der Waals surface area contributed by atoms with E-state index in [1.165, 1.54) is 0 Å². The van der Waals surface area contributed by atoms with E-state index in [4.69, 9.17) is 10.5 Å². The van der Waals surface area contributed by atoms with Gasteiger partial charge in [-0.25, -0.2) is 0 Å². The molecule has 1 saturated heterocycles. The SMILES string of the molecule is CCC(C)(C(N)CC(C)C)N1CCOCC1. The lowest BCUT2D eigenvalue weighted by molar-refractivity contribution is -0.0295. The lowest BCUT2D eigenvalue weighted by Gasteiger charge is -2.47. The molecule has 2 unspecified atom stereocenters. The van der Waals surface area contributed by atoms with Gasteiger partial charge in [0, 0.05) is 24.7 Å². The molecule has 1 aliphatic rings. The van der Waals surface area contributed by atoms with Crippen LogP contribution in [0.25, 0.3) is 0 Å². The molecular weight excluding hydrogens is 200 g/mol. The fraction of sp³-hybridized carbons (Fsp3) is 1.00. The molecule has 16 heavy (non-hydrogen) atoms. The summed E-state index contributed by atoms with van der Waals surface area (Å²) < 4.78 is 5.42. The minimum atomic E-state index is 0.133. The quantitative estimate of drug-likeness (QED) is 0.780. The van der Waals surface area contributed by atoms with Crippen molar-refractivity contribution in [2.75, 3.05) is 26.3 Å². The molecule has 0 saturated carbocycles. The Morgan fingerprint density at radius 3 is 2.31 bits per heavy atom. The summed E-state index contributed by atoms with van der Waals surface area (Å²) >= 11 is 0. The highest BCUT2D eigenvalue weighted by molar-refractivity contribution is 4.95. The summed E-state index contributed by atoms with van der Waals surface area (Å²) in [6.07, 6.45) is 2.21. The summed E-state index contributed by atoms with van der Waals surface area (Å²) in [5.74, 6) is 0.668. The average Bonchev–Trinajstić information content (AvgIpc) is 2.28. The Bertz CT molecular complexity index is 202. The van der Waals surface area contributed by atoms with Gasteiger partial charge in [-0.15, -0.1) is 0 Å². The summed E-state index contributed by atoms with van der Waals surface area (Å²) in [5.41, 5.74) is 6.54. The van der Waals surface area contributed by atoms with E-state index in [-0.39, 0.29) is 11.6 Å². The molecule has 1 aliphatic heterocycles. The van der Waals surface area contributed by atoms with Crippen molar-refractivity contribution in [3.05, 3.63) is 0 Å². The standard InChI is InChI=1S/C13H28N2O/c1-5-13(4,12(14)10-11(2)3)15-6-8-16-9-7-15/h11-12H,5-10,14H2,1-4H3. The molecule has 96 valence electrons. The largest absolute Gasteiger partial charge is 0.379 e. The van der Waals surface area contributed by atoms with Gasteiger partial charge in [0.2, 0.25) is 0 Å². The van der Waals surface area contributed by atoms with E-state index in [0.717, 1.165) is 39.1 Å². The highest BCUT2D eigenvalue weighted by atomic mass is 16.5. The Kier molecular flexibility index (Phi) is 5.22. The van der Waals surface area contributed by atoms with Gasteiger partial charge in [0.05, 0.1) is 13.2 Å². The molecule has 3 heteroatoms. The van der Waals surface area contributed by atoms with Crippen LogP contribution in [0.3, 0.4) is 0 Å². The van der Waals surface area contributed by atoms with Gasteiger partial charge >= 0.3 is 0 Å². The summed E-state index contributed by atoms with van der Waals surface area (Å²) in [7, 11) is 0. The molecule has 2 atom stereocenters. The highest BCUT2D eigenvalue weighted by Gasteiger charge is 2.36. The first kappa shape index (κ1) is 13.9. The predicted octanol–water partition coefficient (Wildman–Crippen LogP) is 1.86. The summed E-state index contributed by atoms with van der Waals surface area (Å²) in [6, 6.07) is 0.260. The summed E-state index contributed by atoms with van der Waals surface area (Å²) in [6.45, 7) is 12.8. The number of ether oxygens (including phenoxy) is 1. The molecule has 0 aliphatic carbocycles. The molecule has 0 aromatic rings. The number of hydrogen-bond donors (Lipinski definition) is 1. The van der Waals surface area contributed by atoms with Crippen molar-refractivity contribution in [2.45, 2.75) is 52.1 Å². The van der Waals surface area contributed by atoms with Crippen molar-refractivity contribution >= 4 is 0 Å². The van der Waals surface area contributed by atoms with Crippen molar-refractivity contribution < 1.29 is 4.74 Å². The zero-order valence-electron chi connectivity index (χ0n) is 11.3. The second kappa shape index (κ2) is 5.99.